The fraction of sp³-hybridized carbons (Fsp3) is 0.231. The second kappa shape index (κ2) is 6.07. The average Bonchev–Trinajstić information content (AvgIpc) is 2.99. The maximum Gasteiger partial charge on any atom is 1.00 e. The van der Waals surface area contributed by atoms with Crippen LogP contribution in [-0.2, 0) is 23.9 Å². The normalized spacial score (nSPS) is 31.2. The van der Waals surface area contributed by atoms with Crippen LogP contribution >= 0.6 is 0 Å². The first kappa shape index (κ1) is 19.3. The molecule has 0 amide bonds. The zero-order chi connectivity index (χ0) is 14.7. The van der Waals surface area contributed by atoms with Gasteiger partial charge in [0.05, 0.1) is 11.9 Å². The molecule has 2 atom stereocenters. The molecular weight excluding hydrogens is 314 g/mol. The van der Waals surface area contributed by atoms with Crippen LogP contribution in [0, 0.1) is 10.8 Å². The van der Waals surface area contributed by atoms with Gasteiger partial charge in [0.2, 0.25) is 0 Å². The van der Waals surface area contributed by atoms with Crippen molar-refractivity contribution in [3.8, 4) is 0 Å². The number of carbonyl (C=O) groups excluding carboxylic acids is 4. The summed E-state index contributed by atoms with van der Waals surface area (Å²) >= 11 is 0. The minimum atomic E-state index is -2.54. The Balaban J connectivity index is 0.00000121. The van der Waals surface area contributed by atoms with Crippen molar-refractivity contribution in [2.24, 2.45) is 10.8 Å². The molecule has 22 heavy (non-hydrogen) atoms. The fourth-order valence-electron chi connectivity index (χ4n) is 3.15. The molecule has 9 heteroatoms. The van der Waals surface area contributed by atoms with Crippen molar-refractivity contribution in [3.63, 3.8) is 0 Å². The number of hydrogen-bond acceptors (Lipinski definition) is 7. The van der Waals surface area contributed by atoms with Gasteiger partial charge in [0.1, 0.15) is 10.8 Å². The molecule has 0 spiro atoms. The Hall–Kier alpha value is -0.700. The van der Waals surface area contributed by atoms with Crippen molar-refractivity contribution >= 4 is 23.9 Å². The summed E-state index contributed by atoms with van der Waals surface area (Å²) in [5.74, 6) is -8.11. The minimum absolute atomic E-state index is 0. The van der Waals surface area contributed by atoms with E-state index in [0.717, 1.165) is 0 Å². The van der Waals surface area contributed by atoms with Gasteiger partial charge in [-0.25, -0.2) is 0 Å². The van der Waals surface area contributed by atoms with Gasteiger partial charge in [-0.15, -0.1) is 0 Å². The maximum atomic E-state index is 11.7. The maximum absolute atomic E-state index is 11.7. The quantitative estimate of drug-likeness (QED) is 0.308. The van der Waals surface area contributed by atoms with Crippen LogP contribution in [0.2, 0.25) is 0 Å². The van der Waals surface area contributed by atoms with Crippen LogP contribution in [0.15, 0.2) is 30.3 Å². The first-order valence-electron chi connectivity index (χ1n) is 5.66. The number of benzene rings is 1. The predicted octanol–water partition coefficient (Wildman–Crippen LogP) is -8.65. The fourth-order valence-corrected chi connectivity index (χ4v) is 3.15. The Morgan fingerprint density at radius 3 is 1.68 bits per heavy atom. The number of hydrogen-bond donors (Lipinski definition) is 0. The van der Waals surface area contributed by atoms with Crippen LogP contribution < -0.4 is 69.3 Å². The van der Waals surface area contributed by atoms with Crippen LogP contribution in [0.3, 0.4) is 0 Å². The molecule has 102 valence electrons. The van der Waals surface area contributed by atoms with E-state index in [2.05, 4.69) is 4.74 Å². The van der Waals surface area contributed by atoms with E-state index < -0.39 is 40.6 Å². The van der Waals surface area contributed by atoms with Gasteiger partial charge in [0.15, 0.2) is 0 Å². The molecule has 0 N–H and O–H groups in total. The molecule has 3 rings (SSSR count). The number of cyclic esters (lactones) is 2. The van der Waals surface area contributed by atoms with Crippen LogP contribution in [0.1, 0.15) is 11.5 Å². The van der Waals surface area contributed by atoms with Crippen LogP contribution in [0.25, 0.3) is 0 Å². The van der Waals surface area contributed by atoms with Gasteiger partial charge >= 0.3 is 71.1 Å². The van der Waals surface area contributed by atoms with Gasteiger partial charge in [0, 0.05) is 5.92 Å². The molecule has 7 nitrogen and oxygen atoms in total. The van der Waals surface area contributed by atoms with E-state index in [-0.39, 0.29) is 64.7 Å². The van der Waals surface area contributed by atoms with Crippen molar-refractivity contribution in [3.05, 3.63) is 35.9 Å². The Bertz CT molecular complexity index is 636. The number of esters is 2. The van der Waals surface area contributed by atoms with Crippen molar-refractivity contribution in [2.45, 2.75) is 5.92 Å². The topological polar surface area (TPSA) is 124 Å². The molecule has 0 aromatic heterocycles. The summed E-state index contributed by atoms with van der Waals surface area (Å²) in [4.78, 5) is 46.2. The van der Waals surface area contributed by atoms with Crippen molar-refractivity contribution < 1.29 is 93.2 Å². The molecule has 2 aliphatic rings. The SMILES string of the molecule is O=C([O-])C12C(=O)OC(=O)C1(C(=O)[O-])C2c1ccccc1.[Na+].[Na+]. The first-order valence-corrected chi connectivity index (χ1v) is 5.66. The number of carbonyl (C=O) groups is 4. The number of fused-ring (bicyclic) bond motifs is 1. The summed E-state index contributed by atoms with van der Waals surface area (Å²) < 4.78 is 4.18. The summed E-state index contributed by atoms with van der Waals surface area (Å²) in [7, 11) is 0. The monoisotopic (exact) mass is 320 g/mol. The van der Waals surface area contributed by atoms with Gasteiger partial charge in [-0.3, -0.25) is 9.59 Å². The third-order valence-corrected chi connectivity index (χ3v) is 4.01. The zero-order valence-electron chi connectivity index (χ0n) is 11.8. The summed E-state index contributed by atoms with van der Waals surface area (Å²) in [6, 6.07) is 7.55. The van der Waals surface area contributed by atoms with Crippen molar-refractivity contribution in [2.75, 3.05) is 0 Å². The average molecular weight is 320 g/mol. The third kappa shape index (κ3) is 1.90. The summed E-state index contributed by atoms with van der Waals surface area (Å²) in [5.41, 5.74) is -4.85. The van der Waals surface area contributed by atoms with Gasteiger partial charge in [-0.2, -0.15) is 0 Å². The molecular formula is C13H6Na2O7. The van der Waals surface area contributed by atoms with E-state index >= 15 is 0 Å². The van der Waals surface area contributed by atoms with E-state index in [1.165, 1.54) is 24.3 Å². The van der Waals surface area contributed by atoms with Crippen LogP contribution in [0.5, 0.6) is 0 Å². The smallest absolute Gasteiger partial charge is 0.549 e. The molecule has 1 aliphatic carbocycles. The van der Waals surface area contributed by atoms with Gasteiger partial charge < -0.3 is 24.5 Å². The molecule has 2 fully saturated rings. The molecule has 1 aliphatic heterocycles. The zero-order valence-corrected chi connectivity index (χ0v) is 15.8. The van der Waals surface area contributed by atoms with Gasteiger partial charge in [-0.05, 0) is 5.56 Å². The molecule has 1 heterocycles. The number of ether oxygens (including phenoxy) is 1. The Labute approximate surface area is 168 Å². The molecule has 1 aromatic carbocycles. The minimum Gasteiger partial charge on any atom is -0.549 e. The van der Waals surface area contributed by atoms with Crippen molar-refractivity contribution in [1.82, 2.24) is 0 Å². The third-order valence-electron chi connectivity index (χ3n) is 4.01. The summed E-state index contributed by atoms with van der Waals surface area (Å²) in [6.45, 7) is 0. The van der Waals surface area contributed by atoms with Crippen molar-refractivity contribution in [1.29, 1.82) is 0 Å². The first-order chi connectivity index (χ1) is 9.41. The largest absolute Gasteiger partial charge is 1.00 e. The predicted molar refractivity (Wildman–Crippen MR) is 55.2 cm³/mol. The molecule has 0 radical (unpaired) electrons. The van der Waals surface area contributed by atoms with Gasteiger partial charge in [0.25, 0.3) is 0 Å². The number of carboxylic acids is 2. The molecule has 1 saturated carbocycles. The van der Waals surface area contributed by atoms with Crippen LogP contribution in [-0.4, -0.2) is 23.9 Å². The Morgan fingerprint density at radius 2 is 1.32 bits per heavy atom. The Kier molecular flexibility index (Phi) is 5.34. The summed E-state index contributed by atoms with van der Waals surface area (Å²) in [6.07, 6.45) is 0. The second-order valence-electron chi connectivity index (χ2n) is 4.71. The number of rotatable bonds is 3. The molecule has 1 aromatic rings. The molecule has 0 bridgehead atoms. The standard InChI is InChI=1S/C13H8O7.2Na/c14-8(15)12-7(6-4-2-1-3-5-6)13(12,9(16)17)11(19)20-10(12)18;;/h1-5,7H,(H,14,15)(H,16,17);;/q;2*+1/p-2. The van der Waals surface area contributed by atoms with E-state index in [4.69, 9.17) is 0 Å². The van der Waals surface area contributed by atoms with E-state index in [0.29, 0.717) is 0 Å². The van der Waals surface area contributed by atoms with Crippen LogP contribution in [0.4, 0.5) is 0 Å². The number of aliphatic carboxylic acids is 2. The Morgan fingerprint density at radius 1 is 0.909 bits per heavy atom. The van der Waals surface area contributed by atoms with E-state index in [1.54, 1.807) is 6.07 Å². The van der Waals surface area contributed by atoms with E-state index in [9.17, 15) is 29.4 Å². The number of carboxylic acid groups (broad SMARTS) is 2. The molecule has 2 unspecified atom stereocenters. The summed E-state index contributed by atoms with van der Waals surface area (Å²) in [5, 5.41) is 22.7. The second-order valence-corrected chi connectivity index (χ2v) is 4.71. The van der Waals surface area contributed by atoms with Gasteiger partial charge in [-0.1, -0.05) is 30.3 Å². The molecule has 1 saturated heterocycles. The van der Waals surface area contributed by atoms with E-state index in [1.807, 2.05) is 0 Å².